The summed E-state index contributed by atoms with van der Waals surface area (Å²) in [5.74, 6) is 0.413. The molecular weight excluding hydrogens is 525 g/mol. The number of nitrogens with one attached hydrogen (secondary N) is 3. The zero-order chi connectivity index (χ0) is 28.2. The van der Waals surface area contributed by atoms with Crippen molar-refractivity contribution in [3.05, 3.63) is 72.7 Å². The molecule has 0 unspecified atom stereocenters. The van der Waals surface area contributed by atoms with Crippen LogP contribution in [0.2, 0.25) is 0 Å². The highest BCUT2D eigenvalue weighted by Crippen LogP contribution is 2.36. The predicted molar refractivity (Wildman–Crippen MR) is 151 cm³/mol. The summed E-state index contributed by atoms with van der Waals surface area (Å²) in [6.07, 6.45) is 9.95. The van der Waals surface area contributed by atoms with Crippen LogP contribution in [0.3, 0.4) is 0 Å². The number of nitrogens with zero attached hydrogens (tertiary/aromatic N) is 4. The number of imidazole rings is 1. The molecule has 6 rings (SSSR count). The minimum atomic E-state index is -0.909. The summed E-state index contributed by atoms with van der Waals surface area (Å²) in [7, 11) is 0. The summed E-state index contributed by atoms with van der Waals surface area (Å²) in [5, 5.41) is 6.33. The number of hydrogen-bond acceptors (Lipinski definition) is 8. The van der Waals surface area contributed by atoms with Crippen molar-refractivity contribution in [1.82, 2.24) is 24.9 Å². The van der Waals surface area contributed by atoms with E-state index in [1.54, 1.807) is 55.8 Å². The van der Waals surface area contributed by atoms with Gasteiger partial charge in [0.15, 0.2) is 5.82 Å². The third-order valence-electron chi connectivity index (χ3n) is 7.49. The number of halogens is 1. The van der Waals surface area contributed by atoms with Crippen LogP contribution in [0.15, 0.2) is 61.1 Å². The van der Waals surface area contributed by atoms with Gasteiger partial charge in [0.05, 0.1) is 47.6 Å². The fourth-order valence-corrected chi connectivity index (χ4v) is 5.12. The van der Waals surface area contributed by atoms with Crippen LogP contribution in [0.1, 0.15) is 51.1 Å². The number of carbonyl (C=O) groups excluding carboxylic acids is 1. The first-order chi connectivity index (χ1) is 20.0. The zero-order valence-electron chi connectivity index (χ0n) is 22.8. The van der Waals surface area contributed by atoms with E-state index in [4.69, 9.17) is 19.4 Å². The van der Waals surface area contributed by atoms with E-state index in [1.807, 2.05) is 0 Å². The molecule has 212 valence electrons. The number of ether oxygens (including phenoxy) is 2. The number of amides is 1. The van der Waals surface area contributed by atoms with Crippen molar-refractivity contribution in [2.75, 3.05) is 23.8 Å². The highest BCUT2D eigenvalue weighted by molar-refractivity contribution is 5.95. The molecule has 41 heavy (non-hydrogen) atoms. The number of pyridine rings is 1. The van der Waals surface area contributed by atoms with Crippen molar-refractivity contribution in [3.8, 4) is 22.6 Å². The van der Waals surface area contributed by atoms with Gasteiger partial charge in [-0.3, -0.25) is 9.78 Å². The number of aromatic amines is 1. The normalized spacial score (nSPS) is 21.4. The van der Waals surface area contributed by atoms with Crippen molar-refractivity contribution in [2.24, 2.45) is 5.41 Å². The molecule has 0 spiro atoms. The summed E-state index contributed by atoms with van der Waals surface area (Å²) < 4.78 is 25.8. The monoisotopic (exact) mass is 557 g/mol. The molecule has 1 saturated heterocycles. The summed E-state index contributed by atoms with van der Waals surface area (Å²) in [6.45, 7) is 2.03. The van der Waals surface area contributed by atoms with Gasteiger partial charge in [-0.25, -0.2) is 19.3 Å². The lowest BCUT2D eigenvalue weighted by molar-refractivity contribution is -0.229. The van der Waals surface area contributed by atoms with E-state index < -0.39 is 11.7 Å². The Labute approximate surface area is 237 Å². The fourth-order valence-electron chi connectivity index (χ4n) is 5.12. The maximum absolute atomic E-state index is 13.7. The molecule has 11 heteroatoms. The van der Waals surface area contributed by atoms with E-state index in [9.17, 15) is 9.18 Å². The van der Waals surface area contributed by atoms with Crippen molar-refractivity contribution in [2.45, 2.75) is 51.4 Å². The Bertz CT molecular complexity index is 1480. The predicted octanol–water partition coefficient (Wildman–Crippen LogP) is 5.50. The Morgan fingerprint density at radius 3 is 2.54 bits per heavy atom. The fraction of sp³-hybridized carbons (Fsp3) is 0.367. The molecule has 3 aromatic heterocycles. The van der Waals surface area contributed by atoms with Crippen LogP contribution >= 0.6 is 0 Å². The minimum Gasteiger partial charge on any atom is -0.351 e. The summed E-state index contributed by atoms with van der Waals surface area (Å²) in [4.78, 5) is 34.4. The van der Waals surface area contributed by atoms with Gasteiger partial charge in [0.2, 0.25) is 18.1 Å². The Morgan fingerprint density at radius 1 is 1.02 bits per heavy atom. The third-order valence-corrected chi connectivity index (χ3v) is 7.49. The van der Waals surface area contributed by atoms with Crippen molar-refractivity contribution in [3.63, 3.8) is 0 Å². The van der Waals surface area contributed by atoms with E-state index >= 15 is 0 Å². The summed E-state index contributed by atoms with van der Waals surface area (Å²) in [6, 6.07) is 11.8. The van der Waals surface area contributed by atoms with Crippen molar-refractivity contribution >= 4 is 17.5 Å². The van der Waals surface area contributed by atoms with E-state index in [1.165, 1.54) is 31.4 Å². The highest BCUT2D eigenvalue weighted by atomic mass is 19.1. The molecule has 4 heterocycles. The Hall–Kier alpha value is -4.22. The maximum Gasteiger partial charge on any atom is 0.235 e. The van der Waals surface area contributed by atoms with Crippen molar-refractivity contribution < 1.29 is 18.7 Å². The first-order valence-electron chi connectivity index (χ1n) is 13.9. The molecule has 2 fully saturated rings. The third kappa shape index (κ3) is 6.10. The molecule has 0 atom stereocenters. The van der Waals surface area contributed by atoms with Gasteiger partial charge >= 0.3 is 0 Å². The average Bonchev–Trinajstić information content (AvgIpc) is 3.45. The molecule has 1 amide bonds. The Morgan fingerprint density at radius 2 is 1.80 bits per heavy atom. The lowest BCUT2D eigenvalue weighted by Crippen LogP contribution is -2.45. The number of benzene rings is 1. The molecule has 0 radical (unpaired) electrons. The molecule has 0 bridgehead atoms. The van der Waals surface area contributed by atoms with E-state index in [-0.39, 0.29) is 24.9 Å². The van der Waals surface area contributed by atoms with Gasteiger partial charge in [0, 0.05) is 24.0 Å². The molecule has 1 aliphatic heterocycles. The second-order valence-electron chi connectivity index (χ2n) is 10.8. The average molecular weight is 558 g/mol. The van der Waals surface area contributed by atoms with Gasteiger partial charge in [-0.2, -0.15) is 0 Å². The van der Waals surface area contributed by atoms with Crippen LogP contribution in [0, 0.1) is 11.2 Å². The van der Waals surface area contributed by atoms with Crippen LogP contribution in [0.5, 0.6) is 0 Å². The van der Waals surface area contributed by atoms with E-state index in [0.717, 1.165) is 12.8 Å². The number of rotatable bonds is 7. The van der Waals surface area contributed by atoms with Gasteiger partial charge in [0.25, 0.3) is 0 Å². The van der Waals surface area contributed by atoms with Gasteiger partial charge in [-0.15, -0.1) is 0 Å². The standard InChI is InChI=1S/C30H32FN7O3/c1-30(28(39)34-22-8-5-14-32-16-22)17-40-27(41-18-30)26-37-24(19-9-11-20(31)12-10-19)25(38-26)23-13-15-33-29(36-23)35-21-6-3-2-4-7-21/h5,8-16,21,27H,2-4,6-7,17-18H2,1H3,(H,34,39)(H,37,38)(H,33,35,36). The van der Waals surface area contributed by atoms with Crippen LogP contribution in [-0.2, 0) is 14.3 Å². The first-order valence-corrected chi connectivity index (χ1v) is 13.9. The Balaban J connectivity index is 1.24. The highest BCUT2D eigenvalue weighted by Gasteiger charge is 2.41. The summed E-state index contributed by atoms with van der Waals surface area (Å²) in [5.41, 5.74) is 2.25. The van der Waals surface area contributed by atoms with Crippen LogP contribution in [0.4, 0.5) is 16.0 Å². The van der Waals surface area contributed by atoms with Crippen molar-refractivity contribution in [1.29, 1.82) is 0 Å². The smallest absolute Gasteiger partial charge is 0.235 e. The molecule has 3 N–H and O–H groups in total. The van der Waals surface area contributed by atoms with Crippen LogP contribution in [0.25, 0.3) is 22.6 Å². The topological polar surface area (TPSA) is 127 Å². The number of hydrogen-bond donors (Lipinski definition) is 3. The summed E-state index contributed by atoms with van der Waals surface area (Å²) >= 11 is 0. The van der Waals surface area contributed by atoms with Gasteiger partial charge in [0.1, 0.15) is 5.82 Å². The van der Waals surface area contributed by atoms with Crippen LogP contribution < -0.4 is 10.6 Å². The Kier molecular flexibility index (Phi) is 7.71. The zero-order valence-corrected chi connectivity index (χ0v) is 22.8. The minimum absolute atomic E-state index is 0.120. The largest absolute Gasteiger partial charge is 0.351 e. The quantitative estimate of drug-likeness (QED) is 0.272. The molecule has 4 aromatic rings. The maximum atomic E-state index is 13.7. The second-order valence-corrected chi connectivity index (χ2v) is 10.8. The van der Waals surface area contributed by atoms with E-state index in [0.29, 0.717) is 46.1 Å². The lowest BCUT2D eigenvalue weighted by atomic mass is 9.91. The van der Waals surface area contributed by atoms with Gasteiger partial charge < -0.3 is 25.1 Å². The lowest BCUT2D eigenvalue weighted by Gasteiger charge is -2.35. The molecule has 1 saturated carbocycles. The molecule has 1 aliphatic carbocycles. The van der Waals surface area contributed by atoms with E-state index in [2.05, 4.69) is 25.6 Å². The number of carbonyl (C=O) groups is 1. The molecule has 10 nitrogen and oxygen atoms in total. The number of aromatic nitrogens is 5. The number of anilines is 2. The van der Waals surface area contributed by atoms with Gasteiger partial charge in [-0.1, -0.05) is 19.3 Å². The van der Waals surface area contributed by atoms with Crippen LogP contribution in [-0.4, -0.2) is 50.1 Å². The number of H-pyrrole nitrogens is 1. The first kappa shape index (κ1) is 27.0. The second kappa shape index (κ2) is 11.7. The van der Waals surface area contributed by atoms with Gasteiger partial charge in [-0.05, 0) is 62.2 Å². The molecule has 2 aliphatic rings. The molecule has 1 aromatic carbocycles. The SMILES string of the molecule is CC1(C(=O)Nc2cccnc2)COC(c2nc(-c3ccc(F)cc3)c(-c3ccnc(NC4CCCCC4)n3)[nH]2)OC1. The molecular formula is C30H32FN7O3.